The monoisotopic (exact) mass is 392 g/mol. The van der Waals surface area contributed by atoms with Gasteiger partial charge < -0.3 is 4.74 Å². The topological polar surface area (TPSA) is 115 Å². The molecule has 7 nitrogen and oxygen atoms in total. The summed E-state index contributed by atoms with van der Waals surface area (Å²) in [7, 11) is -7.60. The van der Waals surface area contributed by atoms with Gasteiger partial charge in [0, 0.05) is 0 Å². The van der Waals surface area contributed by atoms with Crippen LogP contribution in [0.5, 0.6) is 0 Å². The average Bonchev–Trinajstić information content (AvgIpc) is 2.50. The fourth-order valence-corrected chi connectivity index (χ4v) is 4.33. The summed E-state index contributed by atoms with van der Waals surface area (Å²) >= 11 is 0. The van der Waals surface area contributed by atoms with E-state index < -0.39 is 37.1 Å². The fourth-order valence-electron chi connectivity index (χ4n) is 1.99. The summed E-state index contributed by atoms with van der Waals surface area (Å²) in [4.78, 5) is 11.9. The first-order valence-corrected chi connectivity index (χ1v) is 11.2. The van der Waals surface area contributed by atoms with Crippen molar-refractivity contribution in [2.45, 2.75) is 26.7 Å². The first kappa shape index (κ1) is 21.6. The molecule has 1 aromatic carbocycles. The van der Waals surface area contributed by atoms with E-state index >= 15 is 0 Å². The van der Waals surface area contributed by atoms with Crippen molar-refractivity contribution in [2.75, 3.05) is 23.9 Å². The molecule has 0 aliphatic heterocycles. The molecule has 0 amide bonds. The normalized spacial score (nSPS) is 12.8. The van der Waals surface area contributed by atoms with E-state index in [0.717, 1.165) is 0 Å². The minimum atomic E-state index is -4.16. The van der Waals surface area contributed by atoms with Gasteiger partial charge in [0.25, 0.3) is 10.1 Å². The van der Waals surface area contributed by atoms with E-state index in [1.807, 2.05) is 0 Å². The van der Waals surface area contributed by atoms with Crippen LogP contribution in [0, 0.1) is 5.41 Å². The van der Waals surface area contributed by atoms with Gasteiger partial charge in [-0.25, -0.2) is 13.2 Å². The standard InChI is InChI=1S/C16H24O7S2/c1-16(2,13-23-15(17)14-7-4-3-5-8-14)9-12-24(18,19)10-6-11-25(20,21)22/h3-5,7-8H,6,9-13H2,1-2H3,(H,20,21,22). The van der Waals surface area contributed by atoms with Crippen LogP contribution < -0.4 is 0 Å². The lowest BCUT2D eigenvalue weighted by atomic mass is 9.91. The Morgan fingerprint density at radius 3 is 2.20 bits per heavy atom. The predicted octanol–water partition coefficient (Wildman–Crippen LogP) is 1.95. The van der Waals surface area contributed by atoms with Crippen LogP contribution in [0.4, 0.5) is 0 Å². The van der Waals surface area contributed by atoms with Crippen molar-refractivity contribution in [1.82, 2.24) is 0 Å². The summed E-state index contributed by atoms with van der Waals surface area (Å²) < 4.78 is 59.0. The highest BCUT2D eigenvalue weighted by atomic mass is 32.2. The quantitative estimate of drug-likeness (QED) is 0.478. The van der Waals surface area contributed by atoms with Gasteiger partial charge in [-0.3, -0.25) is 4.55 Å². The van der Waals surface area contributed by atoms with E-state index in [2.05, 4.69) is 0 Å². The van der Waals surface area contributed by atoms with E-state index in [9.17, 15) is 21.6 Å². The predicted molar refractivity (Wildman–Crippen MR) is 94.8 cm³/mol. The number of carbonyl (C=O) groups is 1. The minimum absolute atomic E-state index is 0.0707. The Morgan fingerprint density at radius 2 is 1.64 bits per heavy atom. The van der Waals surface area contributed by atoms with Gasteiger partial charge >= 0.3 is 5.97 Å². The van der Waals surface area contributed by atoms with Gasteiger partial charge in [-0.15, -0.1) is 0 Å². The summed E-state index contributed by atoms with van der Waals surface area (Å²) in [6.45, 7) is 3.65. The molecule has 142 valence electrons. The molecular weight excluding hydrogens is 368 g/mol. The second-order valence-corrected chi connectivity index (χ2v) is 10.5. The van der Waals surface area contributed by atoms with Crippen molar-refractivity contribution in [3.63, 3.8) is 0 Å². The lowest BCUT2D eigenvalue weighted by molar-refractivity contribution is 0.0337. The summed E-state index contributed by atoms with van der Waals surface area (Å²) in [5.74, 6) is -1.50. The van der Waals surface area contributed by atoms with E-state index in [1.165, 1.54) is 0 Å². The summed E-state index contributed by atoms with van der Waals surface area (Å²) in [5.41, 5.74) is -0.114. The Morgan fingerprint density at radius 1 is 1.04 bits per heavy atom. The molecule has 0 unspecified atom stereocenters. The maximum Gasteiger partial charge on any atom is 0.338 e. The number of hydrogen-bond acceptors (Lipinski definition) is 6. The molecule has 0 radical (unpaired) electrons. The molecule has 0 bridgehead atoms. The Hall–Kier alpha value is -1.45. The molecule has 1 aromatic rings. The summed E-state index contributed by atoms with van der Waals surface area (Å²) in [6, 6.07) is 8.50. The van der Waals surface area contributed by atoms with Crippen molar-refractivity contribution in [2.24, 2.45) is 5.41 Å². The van der Waals surface area contributed by atoms with Crippen LogP contribution in [0.15, 0.2) is 30.3 Å². The lowest BCUT2D eigenvalue weighted by Gasteiger charge is -2.24. The first-order chi connectivity index (χ1) is 11.4. The zero-order valence-corrected chi connectivity index (χ0v) is 16.0. The van der Waals surface area contributed by atoms with Crippen molar-refractivity contribution >= 4 is 25.9 Å². The molecule has 0 aliphatic carbocycles. The van der Waals surface area contributed by atoms with Gasteiger partial charge in [-0.1, -0.05) is 32.0 Å². The Bertz CT molecular complexity index is 766. The number of benzene rings is 1. The van der Waals surface area contributed by atoms with Crippen LogP contribution in [0.2, 0.25) is 0 Å². The molecule has 0 aromatic heterocycles. The molecule has 0 atom stereocenters. The molecule has 0 fully saturated rings. The van der Waals surface area contributed by atoms with Crippen LogP contribution in [0.25, 0.3) is 0 Å². The lowest BCUT2D eigenvalue weighted by Crippen LogP contribution is -2.26. The van der Waals surface area contributed by atoms with Crippen LogP contribution in [0.3, 0.4) is 0 Å². The molecule has 0 spiro atoms. The third-order valence-electron chi connectivity index (χ3n) is 3.55. The van der Waals surface area contributed by atoms with Gasteiger partial charge in [-0.05, 0) is 30.4 Å². The van der Waals surface area contributed by atoms with Crippen molar-refractivity contribution in [3.8, 4) is 0 Å². The average molecular weight is 392 g/mol. The van der Waals surface area contributed by atoms with Crippen molar-refractivity contribution < 1.29 is 30.9 Å². The Kier molecular flexibility index (Phi) is 7.58. The molecule has 0 saturated heterocycles. The molecule has 0 heterocycles. The van der Waals surface area contributed by atoms with Gasteiger partial charge in [0.05, 0.1) is 29.4 Å². The SMILES string of the molecule is CC(C)(CCS(=O)(=O)CCCS(=O)(=O)O)COC(=O)c1ccccc1. The Labute approximate surface area is 149 Å². The smallest absolute Gasteiger partial charge is 0.338 e. The second kappa shape index (κ2) is 8.77. The third kappa shape index (κ3) is 9.57. The van der Waals surface area contributed by atoms with E-state index in [4.69, 9.17) is 9.29 Å². The number of rotatable bonds is 10. The molecule has 25 heavy (non-hydrogen) atoms. The summed E-state index contributed by atoms with van der Waals surface area (Å²) in [6.07, 6.45) is 0.119. The van der Waals surface area contributed by atoms with E-state index in [-0.39, 0.29) is 31.0 Å². The number of esters is 1. The molecule has 1 N–H and O–H groups in total. The molecule has 1 rings (SSSR count). The van der Waals surface area contributed by atoms with Gasteiger partial charge in [0.15, 0.2) is 0 Å². The number of carbonyl (C=O) groups excluding carboxylic acids is 1. The zero-order chi connectivity index (χ0) is 19.1. The highest BCUT2D eigenvalue weighted by Crippen LogP contribution is 2.22. The van der Waals surface area contributed by atoms with Crippen LogP contribution in [-0.2, 0) is 24.7 Å². The second-order valence-electron chi connectivity index (χ2n) is 6.65. The fraction of sp³-hybridized carbons (Fsp3) is 0.562. The first-order valence-electron chi connectivity index (χ1n) is 7.78. The zero-order valence-electron chi connectivity index (χ0n) is 14.3. The molecular formula is C16H24O7S2. The van der Waals surface area contributed by atoms with E-state index in [1.54, 1.807) is 44.2 Å². The van der Waals surface area contributed by atoms with Crippen molar-refractivity contribution in [1.29, 1.82) is 0 Å². The number of ether oxygens (including phenoxy) is 1. The summed E-state index contributed by atoms with van der Waals surface area (Å²) in [5, 5.41) is 0. The highest BCUT2D eigenvalue weighted by molar-refractivity contribution is 7.91. The van der Waals surface area contributed by atoms with Gasteiger partial charge in [-0.2, -0.15) is 8.42 Å². The number of sulfone groups is 1. The maximum absolute atomic E-state index is 11.9. The molecule has 0 aliphatic rings. The van der Waals surface area contributed by atoms with Crippen molar-refractivity contribution in [3.05, 3.63) is 35.9 Å². The largest absolute Gasteiger partial charge is 0.462 e. The minimum Gasteiger partial charge on any atom is -0.462 e. The molecule has 0 saturated carbocycles. The van der Waals surface area contributed by atoms with Gasteiger partial charge in [0.2, 0.25) is 0 Å². The Balaban J connectivity index is 2.45. The van der Waals surface area contributed by atoms with Crippen LogP contribution in [0.1, 0.15) is 37.0 Å². The van der Waals surface area contributed by atoms with Crippen LogP contribution >= 0.6 is 0 Å². The highest BCUT2D eigenvalue weighted by Gasteiger charge is 2.24. The van der Waals surface area contributed by atoms with Gasteiger partial charge in [0.1, 0.15) is 9.84 Å². The van der Waals surface area contributed by atoms with E-state index in [0.29, 0.717) is 5.56 Å². The molecule has 9 heteroatoms. The third-order valence-corrected chi connectivity index (χ3v) is 6.09. The van der Waals surface area contributed by atoms with Crippen LogP contribution in [-0.4, -0.2) is 51.2 Å². The maximum atomic E-state index is 11.9. The number of hydrogen-bond donors (Lipinski definition) is 1.